The van der Waals surface area contributed by atoms with E-state index in [4.69, 9.17) is 18.0 Å². The fourth-order valence-electron chi connectivity index (χ4n) is 1.22. The van der Waals surface area contributed by atoms with Crippen molar-refractivity contribution >= 4 is 40.3 Å². The van der Waals surface area contributed by atoms with Crippen LogP contribution in [0.3, 0.4) is 0 Å². The molecule has 0 bridgehead atoms. The van der Waals surface area contributed by atoms with Gasteiger partial charge in [-0.25, -0.2) is 9.67 Å². The zero-order chi connectivity index (χ0) is 14.0. The first kappa shape index (κ1) is 13.3. The molecule has 0 unspecified atom stereocenters. The molecule has 0 atom stereocenters. The summed E-state index contributed by atoms with van der Waals surface area (Å²) in [6.45, 7) is 0. The van der Waals surface area contributed by atoms with E-state index >= 15 is 0 Å². The molecule has 100 valence electrons. The van der Waals surface area contributed by atoms with Crippen molar-refractivity contribution in [3.05, 3.63) is 15.8 Å². The third-order valence-electron chi connectivity index (χ3n) is 2.06. The maximum Gasteiger partial charge on any atom is 0.306 e. The van der Waals surface area contributed by atoms with Gasteiger partial charge in [-0.05, 0) is 22.6 Å². The summed E-state index contributed by atoms with van der Waals surface area (Å²) in [6.07, 6.45) is 0. The molecule has 0 aliphatic carbocycles. The fourth-order valence-corrected chi connectivity index (χ4v) is 1.93. The lowest BCUT2D eigenvalue weighted by molar-refractivity contribution is 0.0964. The molecule has 0 aliphatic rings. The summed E-state index contributed by atoms with van der Waals surface area (Å²) < 4.78 is 2.35. The monoisotopic (exact) mass is 299 g/mol. The summed E-state index contributed by atoms with van der Waals surface area (Å²) in [5.74, 6) is -0.592. The molecule has 9 nitrogen and oxygen atoms in total. The van der Waals surface area contributed by atoms with Crippen LogP contribution in [-0.4, -0.2) is 43.5 Å². The molecule has 0 spiro atoms. The number of anilines is 1. The third kappa shape index (κ3) is 2.51. The van der Waals surface area contributed by atoms with Crippen molar-refractivity contribution in [2.24, 2.45) is 12.2 Å². The third-order valence-corrected chi connectivity index (χ3v) is 3.17. The lowest BCUT2D eigenvalue weighted by atomic mass is 10.3. The molecule has 2 aromatic heterocycles. The summed E-state index contributed by atoms with van der Waals surface area (Å²) in [5, 5.41) is 12.8. The molecule has 0 radical (unpaired) electrons. The Morgan fingerprint density at radius 3 is 2.79 bits per heavy atom. The molecule has 2 N–H and O–H groups in total. The highest BCUT2D eigenvalue weighted by molar-refractivity contribution is 7.71. The number of hydrogen-bond acceptors (Lipinski definition) is 9. The first-order valence-corrected chi connectivity index (χ1v) is 6.19. The molecule has 0 fully saturated rings. The van der Waals surface area contributed by atoms with Crippen LogP contribution in [0.25, 0.3) is 0 Å². The van der Waals surface area contributed by atoms with E-state index in [2.05, 4.69) is 25.4 Å². The molecule has 0 saturated heterocycles. The van der Waals surface area contributed by atoms with Crippen molar-refractivity contribution in [2.45, 2.75) is 0 Å². The van der Waals surface area contributed by atoms with Crippen molar-refractivity contribution in [1.29, 1.82) is 0 Å². The number of aryl methyl sites for hydroxylation is 1. The quantitative estimate of drug-likeness (QED) is 0.369. The number of thiazole rings is 1. The van der Waals surface area contributed by atoms with Gasteiger partial charge in [0.1, 0.15) is 12.8 Å². The normalized spacial score (nSPS) is 11.6. The van der Waals surface area contributed by atoms with Crippen LogP contribution in [0.15, 0.2) is 10.5 Å². The van der Waals surface area contributed by atoms with Crippen molar-refractivity contribution in [3.63, 3.8) is 0 Å². The molecule has 0 amide bonds. The Kier molecular flexibility index (Phi) is 3.66. The largest absolute Gasteiger partial charge is 0.398 e. The average Bonchev–Trinajstić information content (AvgIpc) is 2.94. The van der Waals surface area contributed by atoms with Crippen molar-refractivity contribution in [1.82, 2.24) is 24.8 Å². The maximum atomic E-state index is 12.3. The number of nitrogens with two attached hydrogens (primary N) is 1. The second-order valence-corrected chi connectivity index (χ2v) is 4.55. The molecule has 0 saturated carbocycles. The Labute approximate surface area is 116 Å². The summed E-state index contributed by atoms with van der Waals surface area (Å²) in [7, 11) is 2.89. The predicted octanol–water partition coefficient (Wildman–Crippen LogP) is 0.0757. The average molecular weight is 299 g/mol. The lowest BCUT2D eigenvalue weighted by Crippen LogP contribution is -2.25. The number of carbonyl (C=O) groups is 1. The molecular weight excluding hydrogens is 290 g/mol. The molecule has 19 heavy (non-hydrogen) atoms. The van der Waals surface area contributed by atoms with Crippen LogP contribution in [0.2, 0.25) is 0 Å². The number of hydrogen-bond donors (Lipinski definition) is 1. The number of carbonyl (C=O) groups excluding carboxylic acids is 1. The highest BCUT2D eigenvalue weighted by atomic mass is 32.1. The predicted molar refractivity (Wildman–Crippen MR) is 70.5 cm³/mol. The van der Waals surface area contributed by atoms with Crippen molar-refractivity contribution in [3.8, 4) is 0 Å². The van der Waals surface area contributed by atoms with Crippen LogP contribution < -0.4 is 5.73 Å². The molecular formula is C8H9N7O2S2. The molecule has 2 aromatic rings. The van der Waals surface area contributed by atoms with E-state index < -0.39 is 5.91 Å². The number of aromatic nitrogens is 5. The molecule has 0 aromatic carbocycles. The summed E-state index contributed by atoms with van der Waals surface area (Å²) in [6, 6.07) is 0. The second kappa shape index (κ2) is 5.24. The van der Waals surface area contributed by atoms with Crippen LogP contribution in [0.4, 0.5) is 5.13 Å². The highest BCUT2D eigenvalue weighted by Crippen LogP contribution is 2.13. The standard InChI is InChI=1S/C8H9N7O2S2/c1-14-8(18)15(13-12-14)6(16)5(11-17-2)4-3-19-7(9)10-4/h3H,1-2H3,(H2,9,10)/b11-5-. The van der Waals surface area contributed by atoms with E-state index in [1.54, 1.807) is 12.4 Å². The van der Waals surface area contributed by atoms with E-state index in [-0.39, 0.29) is 10.5 Å². The van der Waals surface area contributed by atoms with Crippen molar-refractivity contribution in [2.75, 3.05) is 12.8 Å². The first-order chi connectivity index (χ1) is 9.04. The first-order valence-electron chi connectivity index (χ1n) is 4.91. The highest BCUT2D eigenvalue weighted by Gasteiger charge is 2.22. The summed E-state index contributed by atoms with van der Waals surface area (Å²) in [4.78, 5) is 20.9. The Balaban J connectivity index is 2.47. The van der Waals surface area contributed by atoms with Gasteiger partial charge >= 0.3 is 5.91 Å². The number of rotatable bonds is 3. The Bertz CT molecular complexity index is 698. The van der Waals surface area contributed by atoms with Gasteiger partial charge in [0, 0.05) is 12.4 Å². The van der Waals surface area contributed by atoms with Crippen LogP contribution in [0.5, 0.6) is 0 Å². The smallest absolute Gasteiger partial charge is 0.306 e. The molecule has 11 heteroatoms. The van der Waals surface area contributed by atoms with Gasteiger partial charge in [-0.1, -0.05) is 5.16 Å². The van der Waals surface area contributed by atoms with E-state index in [1.807, 2.05) is 0 Å². The topological polar surface area (TPSA) is 113 Å². The van der Waals surface area contributed by atoms with E-state index in [1.165, 1.54) is 23.1 Å². The number of nitrogens with zero attached hydrogens (tertiary/aromatic N) is 6. The Morgan fingerprint density at radius 2 is 2.32 bits per heavy atom. The van der Waals surface area contributed by atoms with Gasteiger partial charge in [-0.15, -0.1) is 16.0 Å². The van der Waals surface area contributed by atoms with Gasteiger partial charge in [0.05, 0.1) is 0 Å². The Hall–Kier alpha value is -2.14. The van der Waals surface area contributed by atoms with Gasteiger partial charge in [0.15, 0.2) is 10.8 Å². The van der Waals surface area contributed by atoms with Crippen molar-refractivity contribution < 1.29 is 9.63 Å². The summed E-state index contributed by atoms with van der Waals surface area (Å²) >= 11 is 6.19. The van der Waals surface area contributed by atoms with Gasteiger partial charge in [0.2, 0.25) is 4.77 Å². The van der Waals surface area contributed by atoms with E-state index in [9.17, 15) is 4.79 Å². The van der Waals surface area contributed by atoms with Gasteiger partial charge in [0.25, 0.3) is 0 Å². The SMILES string of the molecule is CO/N=C(\C(=O)n1nnn(C)c1=S)c1csc(N)n1. The maximum absolute atomic E-state index is 12.3. The minimum atomic E-state index is -0.592. The second-order valence-electron chi connectivity index (χ2n) is 3.30. The minimum Gasteiger partial charge on any atom is -0.398 e. The van der Waals surface area contributed by atoms with Crippen LogP contribution >= 0.6 is 23.6 Å². The zero-order valence-corrected chi connectivity index (χ0v) is 11.6. The lowest BCUT2D eigenvalue weighted by Gasteiger charge is -2.00. The molecule has 0 aliphatic heterocycles. The number of oxime groups is 1. The summed E-state index contributed by atoms with van der Waals surface area (Å²) in [5.41, 5.74) is 5.77. The fraction of sp³-hybridized carbons (Fsp3) is 0.250. The number of nitrogen functional groups attached to an aromatic ring is 1. The van der Waals surface area contributed by atoms with Crippen LogP contribution in [0, 0.1) is 4.77 Å². The van der Waals surface area contributed by atoms with Gasteiger partial charge in [-0.3, -0.25) is 4.79 Å². The number of tetrazole rings is 1. The van der Waals surface area contributed by atoms with Crippen LogP contribution in [0.1, 0.15) is 10.5 Å². The zero-order valence-electron chi connectivity index (χ0n) is 9.97. The van der Waals surface area contributed by atoms with Crippen LogP contribution in [-0.2, 0) is 11.9 Å². The van der Waals surface area contributed by atoms with E-state index in [0.29, 0.717) is 10.8 Å². The van der Waals surface area contributed by atoms with Gasteiger partial charge < -0.3 is 10.6 Å². The minimum absolute atomic E-state index is 0.0490. The molecule has 2 heterocycles. The Morgan fingerprint density at radius 1 is 1.58 bits per heavy atom. The molecule has 2 rings (SSSR count). The van der Waals surface area contributed by atoms with Gasteiger partial charge in [-0.2, -0.15) is 0 Å². The van der Waals surface area contributed by atoms with E-state index in [0.717, 1.165) is 4.68 Å².